The average Bonchev–Trinajstić information content (AvgIpc) is 3.33. The van der Waals surface area contributed by atoms with Crippen molar-refractivity contribution in [1.82, 2.24) is 25.5 Å². The first-order valence-electron chi connectivity index (χ1n) is 12.5. The molecule has 2 aromatic heterocycles. The number of halogens is 2. The Balaban J connectivity index is 1.52. The third kappa shape index (κ3) is 6.57. The van der Waals surface area contributed by atoms with Crippen molar-refractivity contribution in [2.24, 2.45) is 0 Å². The minimum Gasteiger partial charge on any atom is -0.352 e. The van der Waals surface area contributed by atoms with Gasteiger partial charge in [0.2, 0.25) is 5.95 Å². The highest BCUT2D eigenvalue weighted by Crippen LogP contribution is 2.36. The number of thiophene rings is 1. The molecule has 1 aliphatic rings. The molecule has 8 nitrogen and oxygen atoms in total. The molecule has 1 saturated heterocycles. The molecule has 3 amide bonds. The van der Waals surface area contributed by atoms with Gasteiger partial charge in [-0.25, -0.2) is 19.2 Å². The molecular weight excluding hydrogens is 571 g/mol. The number of nitrogens with one attached hydrogen (secondary N) is 3. The summed E-state index contributed by atoms with van der Waals surface area (Å²) in [5.41, 5.74) is 2.15. The molecule has 0 radical (unpaired) electrons. The zero-order chi connectivity index (χ0) is 27.4. The van der Waals surface area contributed by atoms with Gasteiger partial charge in [-0.2, -0.15) is 0 Å². The highest BCUT2D eigenvalue weighted by Gasteiger charge is 2.45. The Kier molecular flexibility index (Phi) is 8.79. The zero-order valence-electron chi connectivity index (χ0n) is 21.9. The molecule has 0 saturated carbocycles. The fourth-order valence-electron chi connectivity index (χ4n) is 4.21. The Morgan fingerprint density at radius 2 is 1.92 bits per heavy atom. The summed E-state index contributed by atoms with van der Waals surface area (Å²) >= 11 is 5.27. The number of benzene rings is 1. The summed E-state index contributed by atoms with van der Waals surface area (Å²) < 4.78 is 14.2. The van der Waals surface area contributed by atoms with Crippen molar-refractivity contribution in [2.45, 2.75) is 52.1 Å². The Bertz CT molecular complexity index is 1310. The minimum absolute atomic E-state index is 0.243. The van der Waals surface area contributed by atoms with Crippen LogP contribution in [0.5, 0.6) is 0 Å². The lowest BCUT2D eigenvalue weighted by molar-refractivity contribution is -0.125. The van der Waals surface area contributed by atoms with E-state index in [9.17, 15) is 14.0 Å². The van der Waals surface area contributed by atoms with Gasteiger partial charge in [0.25, 0.3) is 5.91 Å². The second kappa shape index (κ2) is 11.9. The largest absolute Gasteiger partial charge is 0.352 e. The number of imide groups is 1. The third-order valence-corrected chi connectivity index (χ3v) is 8.18. The van der Waals surface area contributed by atoms with Gasteiger partial charge in [0.1, 0.15) is 11.4 Å². The molecule has 0 aliphatic carbocycles. The molecule has 1 aliphatic heterocycles. The number of nitrogens with zero attached hydrogens (tertiary/aromatic N) is 3. The molecule has 4 rings (SSSR count). The van der Waals surface area contributed by atoms with Crippen LogP contribution in [0, 0.1) is 5.82 Å². The summed E-state index contributed by atoms with van der Waals surface area (Å²) in [6, 6.07) is 8.80. The quantitative estimate of drug-likeness (QED) is 0.268. The Labute approximate surface area is 234 Å². The zero-order valence-corrected chi connectivity index (χ0v) is 24.3. The summed E-state index contributed by atoms with van der Waals surface area (Å²) in [7, 11) is 0. The molecule has 3 heterocycles. The Morgan fingerprint density at radius 1 is 1.18 bits per heavy atom. The summed E-state index contributed by atoms with van der Waals surface area (Å²) in [5, 5.41) is 9.01. The highest BCUT2D eigenvalue weighted by atomic mass is 79.9. The van der Waals surface area contributed by atoms with Gasteiger partial charge in [-0.1, -0.05) is 26.0 Å². The van der Waals surface area contributed by atoms with Gasteiger partial charge in [-0.15, -0.1) is 11.3 Å². The maximum Gasteiger partial charge on any atom is 0.325 e. The van der Waals surface area contributed by atoms with Gasteiger partial charge in [-0.3, -0.25) is 10.1 Å². The molecule has 0 unspecified atom stereocenters. The average molecular weight is 604 g/mol. The Morgan fingerprint density at radius 3 is 2.58 bits per heavy atom. The lowest BCUT2D eigenvalue weighted by atomic mass is 10.0. The lowest BCUT2D eigenvalue weighted by Gasteiger charge is -2.27. The van der Waals surface area contributed by atoms with Crippen molar-refractivity contribution in [1.29, 1.82) is 0 Å². The number of hydrogen-bond acceptors (Lipinski definition) is 7. The van der Waals surface area contributed by atoms with Gasteiger partial charge in [0.15, 0.2) is 0 Å². The molecule has 0 bridgehead atoms. The fraction of sp³-hybridized carbons (Fsp3) is 0.407. The number of urea groups is 1. The lowest BCUT2D eigenvalue weighted by Crippen LogP contribution is -2.46. The maximum atomic E-state index is 13.4. The van der Waals surface area contributed by atoms with Crippen LogP contribution in [0.4, 0.5) is 15.1 Å². The third-order valence-electron chi connectivity index (χ3n) is 6.41. The molecule has 3 aromatic rings. The SMILES string of the molecule is CC(C)NCCc1cc(-c2nc(NCCN3C(=O)NC(=O)C3(C)C)ncc2Br)sc1Cc1ccc(F)cc1. The van der Waals surface area contributed by atoms with Crippen LogP contribution in [0.25, 0.3) is 10.6 Å². The van der Waals surface area contributed by atoms with E-state index in [2.05, 4.69) is 56.8 Å². The predicted octanol–water partition coefficient (Wildman–Crippen LogP) is 4.98. The first kappa shape index (κ1) is 28.1. The monoisotopic (exact) mass is 602 g/mol. The van der Waals surface area contributed by atoms with Crippen molar-refractivity contribution in [3.63, 3.8) is 0 Å². The van der Waals surface area contributed by atoms with Crippen LogP contribution in [0.2, 0.25) is 0 Å². The molecule has 38 heavy (non-hydrogen) atoms. The Hall–Kier alpha value is -2.89. The van der Waals surface area contributed by atoms with Crippen molar-refractivity contribution in [3.05, 3.63) is 62.8 Å². The van der Waals surface area contributed by atoms with E-state index in [0.717, 1.165) is 33.6 Å². The first-order valence-corrected chi connectivity index (χ1v) is 14.1. The second-order valence-electron chi connectivity index (χ2n) is 10.0. The van der Waals surface area contributed by atoms with Gasteiger partial charge in [-0.05, 0) is 72.1 Å². The number of aromatic nitrogens is 2. The summed E-state index contributed by atoms with van der Waals surface area (Å²) in [5.74, 6) is -0.117. The second-order valence-corrected chi connectivity index (χ2v) is 12.0. The normalized spacial score (nSPS) is 14.9. The number of carbonyl (C=O) groups is 2. The molecule has 11 heteroatoms. The fourth-order valence-corrected chi connectivity index (χ4v) is 5.99. The van der Waals surface area contributed by atoms with Gasteiger partial charge in [0.05, 0.1) is 15.0 Å². The van der Waals surface area contributed by atoms with Gasteiger partial charge >= 0.3 is 6.03 Å². The van der Waals surface area contributed by atoms with Crippen LogP contribution < -0.4 is 16.0 Å². The van der Waals surface area contributed by atoms with Crippen molar-refractivity contribution in [2.75, 3.05) is 25.0 Å². The van der Waals surface area contributed by atoms with Crippen LogP contribution >= 0.6 is 27.3 Å². The number of carbonyl (C=O) groups excluding carboxylic acids is 2. The van der Waals surface area contributed by atoms with Crippen molar-refractivity contribution in [3.8, 4) is 10.6 Å². The molecule has 0 spiro atoms. The number of amides is 3. The molecule has 202 valence electrons. The van der Waals surface area contributed by atoms with Crippen LogP contribution in [0.3, 0.4) is 0 Å². The summed E-state index contributed by atoms with van der Waals surface area (Å²) in [4.78, 5) is 37.0. The standard InChI is InChI=1S/C27H32BrFN6O2S/c1-16(2)30-10-9-18-14-22(38-21(18)13-17-5-7-19(29)8-6-17)23-20(28)15-32-25(33-23)31-11-12-35-26(37)34-24(36)27(35,3)4/h5-8,14-16,30H,9-13H2,1-4H3,(H,31,32,33)(H,34,36,37). The van der Waals surface area contributed by atoms with Crippen LogP contribution in [0.15, 0.2) is 41.0 Å². The topological polar surface area (TPSA) is 99.3 Å². The van der Waals surface area contributed by atoms with E-state index >= 15 is 0 Å². The predicted molar refractivity (Wildman–Crippen MR) is 152 cm³/mol. The van der Waals surface area contributed by atoms with Crippen molar-refractivity contribution >= 4 is 45.2 Å². The van der Waals surface area contributed by atoms with Crippen LogP contribution in [-0.4, -0.2) is 58.0 Å². The first-order chi connectivity index (χ1) is 18.0. The molecule has 1 fully saturated rings. The van der Waals surface area contributed by atoms with E-state index in [1.165, 1.54) is 27.5 Å². The van der Waals surface area contributed by atoms with Crippen LogP contribution in [0.1, 0.15) is 43.7 Å². The van der Waals surface area contributed by atoms with Gasteiger partial charge in [0, 0.05) is 36.6 Å². The molecule has 0 atom stereocenters. The van der Waals surface area contributed by atoms with Gasteiger partial charge < -0.3 is 15.5 Å². The summed E-state index contributed by atoms with van der Waals surface area (Å²) in [6.07, 6.45) is 3.29. The maximum absolute atomic E-state index is 13.4. The number of hydrogen-bond donors (Lipinski definition) is 3. The summed E-state index contributed by atoms with van der Waals surface area (Å²) in [6.45, 7) is 9.25. The van der Waals surface area contributed by atoms with E-state index in [1.807, 2.05) is 12.1 Å². The smallest absolute Gasteiger partial charge is 0.325 e. The van der Waals surface area contributed by atoms with E-state index in [1.54, 1.807) is 31.4 Å². The van der Waals surface area contributed by atoms with E-state index in [4.69, 9.17) is 4.98 Å². The van der Waals surface area contributed by atoms with E-state index in [-0.39, 0.29) is 11.7 Å². The molecule has 1 aromatic carbocycles. The van der Waals surface area contributed by atoms with Crippen LogP contribution in [-0.2, 0) is 17.6 Å². The number of rotatable bonds is 11. The van der Waals surface area contributed by atoms with E-state index in [0.29, 0.717) is 31.5 Å². The van der Waals surface area contributed by atoms with E-state index < -0.39 is 11.6 Å². The molecular formula is C27H32BrFN6O2S. The van der Waals surface area contributed by atoms with Crippen molar-refractivity contribution < 1.29 is 14.0 Å². The highest BCUT2D eigenvalue weighted by molar-refractivity contribution is 9.10. The number of anilines is 1. The minimum atomic E-state index is -0.900. The molecule has 3 N–H and O–H groups in total.